The van der Waals surface area contributed by atoms with E-state index in [2.05, 4.69) is 99.1 Å². The van der Waals surface area contributed by atoms with Crippen LogP contribution in [0.1, 0.15) is 93.2 Å². The normalized spacial score (nSPS) is 14.7. The molecule has 1 saturated heterocycles. The van der Waals surface area contributed by atoms with Crippen molar-refractivity contribution in [3.05, 3.63) is 209 Å². The predicted octanol–water partition coefficient (Wildman–Crippen LogP) is 2.57. The lowest BCUT2D eigenvalue weighted by Gasteiger charge is -2.31. The first-order chi connectivity index (χ1) is 57.2. The quantitative estimate of drug-likeness (QED) is 0.0244. The summed E-state index contributed by atoms with van der Waals surface area (Å²) < 4.78 is 0. The first-order valence-electron chi connectivity index (χ1n) is 39.1. The van der Waals surface area contributed by atoms with Crippen molar-refractivity contribution >= 4 is 123 Å². The maximum Gasteiger partial charge on any atom is 0.245 e. The maximum absolute atomic E-state index is 15.6. The zero-order valence-corrected chi connectivity index (χ0v) is 66.9. The lowest BCUT2D eigenvalue weighted by Crippen LogP contribution is -2.62. The third kappa shape index (κ3) is 26.8. The number of rotatable bonds is 42. The molecule has 0 radical (unpaired) electrons. The number of amides is 11. The predicted molar refractivity (Wildman–Crippen MR) is 446 cm³/mol. The van der Waals surface area contributed by atoms with Crippen LogP contribution in [0.5, 0.6) is 0 Å². The van der Waals surface area contributed by atoms with Crippen molar-refractivity contribution in [1.29, 1.82) is 0 Å². The van der Waals surface area contributed by atoms with Gasteiger partial charge in [-0.25, -0.2) is 10.2 Å². The zero-order valence-electron chi connectivity index (χ0n) is 66.1. The first kappa shape index (κ1) is 88.0. The van der Waals surface area contributed by atoms with Crippen LogP contribution in [0.15, 0.2) is 170 Å². The average Bonchev–Trinajstić information content (AvgIpc) is 1.77. The van der Waals surface area contributed by atoms with Gasteiger partial charge < -0.3 is 91.0 Å². The Balaban J connectivity index is 0.946. The molecule has 10 atom stereocenters. The second-order valence-corrected chi connectivity index (χ2v) is 29.8. The number of nitrogens with one attached hydrogen (secondary N) is 14. The molecule has 11 amide bonds. The molecule has 0 spiro atoms. The third-order valence-electron chi connectivity index (χ3n) is 19.8. The summed E-state index contributed by atoms with van der Waals surface area (Å²) in [6.45, 7) is 6.33. The van der Waals surface area contributed by atoms with Crippen molar-refractivity contribution in [2.75, 3.05) is 41.8 Å². The van der Waals surface area contributed by atoms with Gasteiger partial charge in [-0.2, -0.15) is 9.97 Å². The molecule has 36 heteroatoms. The van der Waals surface area contributed by atoms with E-state index in [0.29, 0.717) is 75.6 Å². The highest BCUT2D eigenvalue weighted by molar-refractivity contribution is 6.30. The summed E-state index contributed by atoms with van der Waals surface area (Å²) in [5, 5.41) is 60.7. The lowest BCUT2D eigenvalue weighted by molar-refractivity contribution is -0.142. The molecule has 0 unspecified atom stereocenters. The van der Waals surface area contributed by atoms with Crippen molar-refractivity contribution in [3.8, 4) is 0 Å². The summed E-state index contributed by atoms with van der Waals surface area (Å²) in [6.07, 6.45) is 3.66. The number of aliphatic hydroxyl groups excluding tert-OH is 1. The van der Waals surface area contributed by atoms with E-state index < -0.39 is 132 Å². The van der Waals surface area contributed by atoms with Crippen molar-refractivity contribution in [1.82, 2.24) is 93.4 Å². The van der Waals surface area contributed by atoms with Gasteiger partial charge >= 0.3 is 0 Å². The van der Waals surface area contributed by atoms with Crippen LogP contribution >= 0.6 is 11.6 Å². The zero-order chi connectivity index (χ0) is 85.1. The summed E-state index contributed by atoms with van der Waals surface area (Å²) >= 11 is 6.29. The average molecular weight is 1650 g/mol. The number of aromatic amines is 2. The van der Waals surface area contributed by atoms with Gasteiger partial charge in [0.25, 0.3) is 0 Å². The van der Waals surface area contributed by atoms with Crippen LogP contribution < -0.4 is 81.0 Å². The minimum atomic E-state index is -1.87. The summed E-state index contributed by atoms with van der Waals surface area (Å²) in [5.74, 6) is -8.51. The van der Waals surface area contributed by atoms with Crippen LogP contribution in [0, 0.1) is 0 Å². The van der Waals surface area contributed by atoms with Crippen LogP contribution in [0.4, 0.5) is 35.2 Å². The van der Waals surface area contributed by atoms with Crippen LogP contribution in [0.25, 0.3) is 10.8 Å². The minimum absolute atomic E-state index is 0.0204. The second kappa shape index (κ2) is 43.0. The Labute approximate surface area is 691 Å². The number of H-pyrrole nitrogens is 2. The Morgan fingerprint density at radius 3 is 1.39 bits per heavy atom. The number of carbonyl (C=O) groups is 11. The molecular weight excluding hydrogens is 1550 g/mol. The molecule has 9 aromatic rings. The molecular formula is C83H100ClN23O12. The standard InChI is InChI=1S/C83H100ClN23O12/c1-47(2)89-36-11-10-19-61(79(119)107-37-13-20-69(107)78(118)90-48(3)70(85)110)94-72(112)63(39-50-14-6-5-7-15-50)96-73(113)65(41-52-24-31-59(32-25-52)92-82-101-80(86)103-105-82)97-75(115)66(42-53-26-33-60(34-27-53)93-83-102-81(87)104-106-83)99-77(117)68(46-108)100-76(116)67(44-55-16-12-35-88-45-55)98-74(114)64(40-51-22-29-58(84)30-23-51)95-71(111)62(91-49(4)109)43-54-21-28-56-17-8-9-18-57(56)38-54/h5-9,12,14-18,21-35,38,45,47-48,61-69,89,108H,10-11,13,19-20,36-37,39-44,46H2,1-4H3,(H2,85,110)(H,90,118)(H,91,109)(H,94,112)(H,95,111)(H,96,113)(H,97,115)(H,98,114)(H,99,117)(H,100,116)(H4,86,92,101,103,105)(H4,87,93,102,104,106)/t48-,61+,62-,63+,64-,65-,66+,67-,68+,69+/m1/s1. The number of nitrogens with zero attached hydrogens (tertiary/aromatic N) is 6. The second-order valence-electron chi connectivity index (χ2n) is 29.4. The molecule has 35 nitrogen and oxygen atoms in total. The van der Waals surface area contributed by atoms with Crippen LogP contribution in [-0.2, 0) is 91.3 Å². The molecule has 0 aliphatic carbocycles. The van der Waals surface area contributed by atoms with Crippen LogP contribution in [0.3, 0.4) is 0 Å². The maximum atomic E-state index is 15.6. The molecule has 21 N–H and O–H groups in total. The molecule has 1 aliphatic heterocycles. The molecule has 6 aromatic carbocycles. The number of anilines is 6. The van der Waals surface area contributed by atoms with Crippen molar-refractivity contribution in [3.63, 3.8) is 0 Å². The van der Waals surface area contributed by atoms with Crippen molar-refractivity contribution in [2.24, 2.45) is 5.73 Å². The molecule has 1 aliphatic rings. The SMILES string of the molecule is CC(=O)N[C@H](Cc1ccc2ccccc2c1)C(=O)N[C@H](Cc1ccc(Cl)cc1)C(=O)N[C@H](Cc1cccnc1)C(=O)N[C@@H](CO)C(=O)N[C@@H](Cc1ccc(Nc2nc(N)n[nH]2)cc1)C(=O)N[C@H](Cc1ccc(Nc2nc(N)n[nH]2)cc1)C(=O)N[C@@H](Cc1ccccc1)C(=O)N[C@@H](CCCCNC(C)C)C(=O)N1CCC[C@H]1C(=O)N[C@H](C)C(N)=O. The fourth-order valence-corrected chi connectivity index (χ4v) is 13.6. The highest BCUT2D eigenvalue weighted by atomic mass is 35.5. The Morgan fingerprint density at radius 1 is 0.496 bits per heavy atom. The van der Waals surface area contributed by atoms with Gasteiger partial charge in [-0.05, 0) is 132 Å². The number of aliphatic hydroxyl groups is 1. The van der Waals surface area contributed by atoms with E-state index in [-0.39, 0.29) is 87.7 Å². The highest BCUT2D eigenvalue weighted by Crippen LogP contribution is 2.24. The van der Waals surface area contributed by atoms with Gasteiger partial charge in [-0.1, -0.05) is 141 Å². The van der Waals surface area contributed by atoms with Gasteiger partial charge in [-0.3, -0.25) is 57.7 Å². The van der Waals surface area contributed by atoms with Gasteiger partial charge in [0.2, 0.25) is 88.8 Å². The molecule has 10 rings (SSSR count). The number of unbranched alkanes of at least 4 members (excludes halogenated alkanes) is 1. The number of hydrogen-bond donors (Lipinski definition) is 18. The lowest BCUT2D eigenvalue weighted by atomic mass is 9.99. The van der Waals surface area contributed by atoms with Gasteiger partial charge in [0.1, 0.15) is 60.4 Å². The smallest absolute Gasteiger partial charge is 0.245 e. The number of likely N-dealkylation sites (tertiary alicyclic amines) is 1. The van der Waals surface area contributed by atoms with E-state index in [0.717, 1.165) is 10.8 Å². The molecule has 119 heavy (non-hydrogen) atoms. The van der Waals surface area contributed by atoms with E-state index in [1.165, 1.54) is 31.1 Å². The van der Waals surface area contributed by atoms with E-state index in [9.17, 15) is 29.1 Å². The largest absolute Gasteiger partial charge is 0.394 e. The Bertz CT molecular complexity index is 4970. The number of carbonyl (C=O) groups excluding carboxylic acids is 11. The van der Waals surface area contributed by atoms with Crippen molar-refractivity contribution < 1.29 is 57.8 Å². The van der Waals surface area contributed by atoms with E-state index in [1.807, 2.05) is 56.3 Å². The van der Waals surface area contributed by atoms with Gasteiger partial charge in [0.15, 0.2) is 0 Å². The van der Waals surface area contributed by atoms with Crippen LogP contribution in [-0.4, -0.2) is 196 Å². The number of primary amides is 1. The summed E-state index contributed by atoms with van der Waals surface area (Å²) in [7, 11) is 0. The number of aromatic nitrogens is 7. The number of nitrogen functional groups attached to an aromatic ring is 2. The van der Waals surface area contributed by atoms with Crippen molar-refractivity contribution in [2.45, 2.75) is 165 Å². The molecule has 0 saturated carbocycles. The molecule has 0 bridgehead atoms. The minimum Gasteiger partial charge on any atom is -0.394 e. The summed E-state index contributed by atoms with van der Waals surface area (Å²) in [5.41, 5.74) is 21.2. The molecule has 4 heterocycles. The van der Waals surface area contributed by atoms with E-state index >= 15 is 28.8 Å². The molecule has 1 fully saturated rings. The number of hydrogen-bond acceptors (Lipinski definition) is 22. The van der Waals surface area contributed by atoms with Gasteiger partial charge in [-0.15, -0.1) is 10.2 Å². The monoisotopic (exact) mass is 1650 g/mol. The first-order valence-corrected chi connectivity index (χ1v) is 39.4. The number of halogens is 1. The Kier molecular flexibility index (Phi) is 31.8. The topological polar surface area (TPSA) is 530 Å². The third-order valence-corrected chi connectivity index (χ3v) is 20.0. The number of nitrogens with two attached hydrogens (primary N) is 3. The van der Waals surface area contributed by atoms with Gasteiger partial charge in [0, 0.05) is 86.8 Å². The summed E-state index contributed by atoms with van der Waals surface area (Å²) in [4.78, 5) is 174. The fourth-order valence-electron chi connectivity index (χ4n) is 13.5. The van der Waals surface area contributed by atoms with E-state index in [1.54, 1.807) is 115 Å². The number of pyridine rings is 1. The summed E-state index contributed by atoms with van der Waals surface area (Å²) in [6, 6.07) is 30.9. The molecule has 3 aromatic heterocycles. The van der Waals surface area contributed by atoms with Crippen LogP contribution in [0.2, 0.25) is 5.02 Å². The Morgan fingerprint density at radius 2 is 0.924 bits per heavy atom. The Hall–Kier alpha value is -13.4. The van der Waals surface area contributed by atoms with E-state index in [4.69, 9.17) is 28.8 Å². The number of benzene rings is 6. The highest BCUT2D eigenvalue weighted by Gasteiger charge is 2.41. The fraction of sp³-hybridized carbons (Fsp3) is 0.349. The van der Waals surface area contributed by atoms with Gasteiger partial charge in [0.05, 0.1) is 6.61 Å². The molecule has 626 valence electrons. The number of fused-ring (bicyclic) bond motifs is 1.